The average molecular weight is 1040 g/mol. The van der Waals surface area contributed by atoms with Gasteiger partial charge in [-0.1, -0.05) is 108 Å². The summed E-state index contributed by atoms with van der Waals surface area (Å²) in [4.78, 5) is 33.9. The largest absolute Gasteiger partial charge is 1.00 e. The average Bonchev–Trinajstić information content (AvgIpc) is 4.28. The van der Waals surface area contributed by atoms with E-state index in [2.05, 4.69) is 41.2 Å². The Bertz CT molecular complexity index is 3380. The standard InChI is InChI=1S/2C26H18ClN5O3.2K/c2*27-16-9-12-20-21(13-16)28-23(15-5-6-15)24(22(20)26(33)34)35-17-10-7-14(8-11-17)18-3-1-2-4-19(18)25-29-31-32-30-25;;/h2*1-4,7-13,15H,5-6H2,(H,33,34)(H,29,30,31,32);;/q;;2*+1/p-2. The summed E-state index contributed by atoms with van der Waals surface area (Å²) in [7, 11) is 0. The number of pyridine rings is 2. The predicted octanol–water partition coefficient (Wildman–Crippen LogP) is 3.55. The number of hydrogen-bond acceptors (Lipinski definition) is 14. The van der Waals surface area contributed by atoms with Gasteiger partial charge >= 0.3 is 103 Å². The summed E-state index contributed by atoms with van der Waals surface area (Å²) < 4.78 is 12.4. The summed E-state index contributed by atoms with van der Waals surface area (Å²) in [5.41, 5.74) is 7.61. The minimum Gasteiger partial charge on any atom is -0.545 e. The second-order valence-corrected chi connectivity index (χ2v) is 17.5. The second kappa shape index (κ2) is 22.4. The van der Waals surface area contributed by atoms with Gasteiger partial charge in [0.25, 0.3) is 0 Å². The quantitative estimate of drug-likeness (QED) is 0.167. The Balaban J connectivity index is 0.000000173. The van der Waals surface area contributed by atoms with Crippen LogP contribution in [0.5, 0.6) is 23.0 Å². The molecule has 0 saturated heterocycles. The van der Waals surface area contributed by atoms with Crippen molar-refractivity contribution in [1.29, 1.82) is 0 Å². The van der Waals surface area contributed by atoms with Crippen LogP contribution in [0.15, 0.2) is 133 Å². The van der Waals surface area contributed by atoms with Crippen molar-refractivity contribution < 1.29 is 132 Å². The molecule has 16 nitrogen and oxygen atoms in total. The number of aromatic carboxylic acids is 2. The molecule has 0 radical (unpaired) electrons. The molecule has 0 spiro atoms. The fourth-order valence-electron chi connectivity index (χ4n) is 8.41. The molecular weight excluding hydrogens is 1010 g/mol. The number of halogens is 2. The number of aromatic nitrogens is 10. The van der Waals surface area contributed by atoms with Crippen LogP contribution in [0.25, 0.3) is 66.8 Å². The third kappa shape index (κ3) is 11.0. The Hall–Kier alpha value is -5.33. The van der Waals surface area contributed by atoms with E-state index >= 15 is 0 Å². The van der Waals surface area contributed by atoms with Crippen molar-refractivity contribution in [2.75, 3.05) is 0 Å². The van der Waals surface area contributed by atoms with Crippen LogP contribution in [0.2, 0.25) is 10.0 Å². The Morgan fingerprint density at radius 3 is 1.22 bits per heavy atom. The molecule has 72 heavy (non-hydrogen) atoms. The van der Waals surface area contributed by atoms with Gasteiger partial charge in [-0.2, -0.15) is 10.4 Å². The number of nitrogens with zero attached hydrogens (tertiary/aromatic N) is 8. The van der Waals surface area contributed by atoms with Gasteiger partial charge in [-0.3, -0.25) is 0 Å². The van der Waals surface area contributed by atoms with E-state index in [1.165, 1.54) is 0 Å². The predicted molar refractivity (Wildman–Crippen MR) is 256 cm³/mol. The van der Waals surface area contributed by atoms with Gasteiger partial charge in [-0.15, -0.1) is 20.4 Å². The van der Waals surface area contributed by atoms with Crippen molar-refractivity contribution in [1.82, 2.24) is 51.2 Å². The molecule has 2 aliphatic carbocycles. The van der Waals surface area contributed by atoms with Gasteiger partial charge in [0.1, 0.15) is 11.5 Å². The number of tetrazole rings is 2. The molecule has 0 amide bonds. The Labute approximate surface area is 505 Å². The number of H-pyrrole nitrogens is 2. The van der Waals surface area contributed by atoms with Crippen molar-refractivity contribution >= 4 is 56.9 Å². The van der Waals surface area contributed by atoms with Crippen molar-refractivity contribution in [2.45, 2.75) is 37.5 Å². The first-order valence-corrected chi connectivity index (χ1v) is 22.8. The molecule has 2 fully saturated rings. The molecule has 20 heteroatoms. The summed E-state index contributed by atoms with van der Waals surface area (Å²) in [6, 6.07) is 40.1. The molecule has 4 aromatic heterocycles. The molecular formula is C52H34Cl2K2N10O6. The maximum absolute atomic E-state index is 12.2. The van der Waals surface area contributed by atoms with E-state index in [1.807, 2.05) is 72.8 Å². The van der Waals surface area contributed by atoms with Crippen LogP contribution in [0, 0.1) is 0 Å². The Kier molecular flexibility index (Phi) is 16.1. The molecule has 0 atom stereocenters. The van der Waals surface area contributed by atoms with Gasteiger partial charge in [-0.25, -0.2) is 9.97 Å². The number of carboxylic acids is 2. The van der Waals surface area contributed by atoms with Crippen LogP contribution in [0.1, 0.15) is 69.6 Å². The molecule has 6 aromatic carbocycles. The molecule has 10 aromatic rings. The summed E-state index contributed by atoms with van der Waals surface area (Å²) in [6.07, 6.45) is 3.70. The molecule has 2 aliphatic rings. The van der Waals surface area contributed by atoms with Gasteiger partial charge < -0.3 is 29.3 Å². The molecule has 12 rings (SSSR count). The number of carbonyl (C=O) groups is 2. The number of benzene rings is 6. The van der Waals surface area contributed by atoms with Crippen molar-refractivity contribution in [3.05, 3.63) is 166 Å². The molecule has 344 valence electrons. The summed E-state index contributed by atoms with van der Waals surface area (Å²) in [6.45, 7) is 0. The summed E-state index contributed by atoms with van der Waals surface area (Å²) in [5.74, 6) is 0.0804. The molecule has 2 saturated carbocycles. The second-order valence-electron chi connectivity index (χ2n) is 16.7. The topological polar surface area (TPSA) is 233 Å². The Morgan fingerprint density at radius 2 is 0.889 bits per heavy atom. The summed E-state index contributed by atoms with van der Waals surface area (Å²) in [5, 5.41) is 54.9. The smallest absolute Gasteiger partial charge is 0.545 e. The number of hydrogen-bond donors (Lipinski definition) is 2. The molecule has 4 heterocycles. The van der Waals surface area contributed by atoms with Crippen LogP contribution >= 0.6 is 23.2 Å². The SMILES string of the molecule is O=C([O-])c1c(Oc2ccc(-c3ccccc3-c3nn[nH]n3)cc2)c(C2CC2)nc2cc(Cl)ccc12.O=C([O-])c1c(Oc2ccc(-c3ccccc3-c3nn[nH]n3)cc2)c(C2CC2)nc2cc(Cl)ccc12.[K+].[K+]. The van der Waals surface area contributed by atoms with E-state index < -0.39 is 11.9 Å². The molecule has 0 unspecified atom stereocenters. The van der Waals surface area contributed by atoms with Gasteiger partial charge in [0.2, 0.25) is 11.6 Å². The maximum Gasteiger partial charge on any atom is 1.00 e. The van der Waals surface area contributed by atoms with Crippen molar-refractivity contribution in [2.24, 2.45) is 0 Å². The number of carboxylic acid groups (broad SMARTS) is 2. The number of rotatable bonds is 12. The van der Waals surface area contributed by atoms with Gasteiger partial charge in [0.05, 0.1) is 45.5 Å². The van der Waals surface area contributed by atoms with Crippen LogP contribution < -0.4 is 122 Å². The first-order valence-electron chi connectivity index (χ1n) is 22.1. The van der Waals surface area contributed by atoms with E-state index in [1.54, 1.807) is 60.7 Å². The van der Waals surface area contributed by atoms with Crippen molar-refractivity contribution in [3.63, 3.8) is 0 Å². The third-order valence-corrected chi connectivity index (χ3v) is 12.5. The first kappa shape index (κ1) is 51.6. The number of ether oxygens (including phenoxy) is 2. The molecule has 2 N–H and O–H groups in total. The Morgan fingerprint density at radius 1 is 0.514 bits per heavy atom. The van der Waals surface area contributed by atoms with Gasteiger partial charge in [-0.05, 0) is 107 Å². The number of carbonyl (C=O) groups excluding carboxylic acids is 2. The normalized spacial score (nSPS) is 12.8. The van der Waals surface area contributed by atoms with Crippen LogP contribution in [0.4, 0.5) is 0 Å². The van der Waals surface area contributed by atoms with Crippen molar-refractivity contribution in [3.8, 4) is 68.0 Å². The first-order chi connectivity index (χ1) is 34.2. The van der Waals surface area contributed by atoms with E-state index in [9.17, 15) is 19.8 Å². The van der Waals surface area contributed by atoms with Crippen LogP contribution in [0.3, 0.4) is 0 Å². The zero-order valence-corrected chi connectivity index (χ0v) is 46.2. The van der Waals surface area contributed by atoms with E-state index in [-0.39, 0.29) is 137 Å². The zero-order chi connectivity index (χ0) is 47.9. The van der Waals surface area contributed by atoms with E-state index in [4.69, 9.17) is 42.6 Å². The minimum atomic E-state index is -1.32. The maximum atomic E-state index is 12.2. The van der Waals surface area contributed by atoms with Crippen LogP contribution in [-0.4, -0.2) is 63.2 Å². The van der Waals surface area contributed by atoms with E-state index in [0.717, 1.165) is 59.1 Å². The van der Waals surface area contributed by atoms with Gasteiger partial charge in [0, 0.05) is 43.8 Å². The number of fused-ring (bicyclic) bond motifs is 2. The minimum absolute atomic E-state index is 0. The van der Waals surface area contributed by atoms with Crippen LogP contribution in [-0.2, 0) is 0 Å². The zero-order valence-electron chi connectivity index (χ0n) is 38.5. The fraction of sp³-hybridized carbons (Fsp3) is 0.115. The van der Waals surface area contributed by atoms with Gasteiger partial charge in [0.15, 0.2) is 11.5 Å². The third-order valence-electron chi connectivity index (χ3n) is 12.0. The van der Waals surface area contributed by atoms with E-state index in [0.29, 0.717) is 66.4 Å². The number of nitrogens with one attached hydrogen (secondary N) is 2. The molecule has 0 aliphatic heterocycles. The number of aromatic amines is 2. The summed E-state index contributed by atoms with van der Waals surface area (Å²) >= 11 is 12.3. The fourth-order valence-corrected chi connectivity index (χ4v) is 8.74. The molecule has 0 bridgehead atoms. The monoisotopic (exact) mass is 1040 g/mol.